The van der Waals surface area contributed by atoms with E-state index in [9.17, 15) is 0 Å². The standard InChI is InChI=1S/C16H13N3O/c17-9-10-20-16-4-2-1-3-14(16)12-19-15-7-5-13(11-18)6-8-15/h1-8,19H,10,12H2. The molecule has 0 spiro atoms. The first-order chi connectivity index (χ1) is 9.83. The van der Waals surface area contributed by atoms with E-state index in [4.69, 9.17) is 15.3 Å². The Morgan fingerprint density at radius 2 is 1.75 bits per heavy atom. The third-order valence-corrected chi connectivity index (χ3v) is 2.76. The lowest BCUT2D eigenvalue weighted by atomic mass is 10.2. The van der Waals surface area contributed by atoms with Crippen molar-refractivity contribution in [3.8, 4) is 17.9 Å². The van der Waals surface area contributed by atoms with Gasteiger partial charge in [0.2, 0.25) is 0 Å². The Balaban J connectivity index is 2.03. The van der Waals surface area contributed by atoms with E-state index in [2.05, 4.69) is 11.4 Å². The highest BCUT2D eigenvalue weighted by Gasteiger charge is 2.02. The minimum atomic E-state index is 0.0356. The molecule has 4 nitrogen and oxygen atoms in total. The Bertz CT molecular complexity index is 651. The summed E-state index contributed by atoms with van der Waals surface area (Å²) >= 11 is 0. The first kappa shape index (κ1) is 13.5. The quantitative estimate of drug-likeness (QED) is 0.900. The fourth-order valence-corrected chi connectivity index (χ4v) is 1.76. The van der Waals surface area contributed by atoms with Crippen LogP contribution in [0.1, 0.15) is 11.1 Å². The third-order valence-electron chi connectivity index (χ3n) is 2.76. The van der Waals surface area contributed by atoms with Crippen molar-refractivity contribution in [3.63, 3.8) is 0 Å². The molecule has 2 aromatic carbocycles. The number of nitrogens with one attached hydrogen (secondary N) is 1. The van der Waals surface area contributed by atoms with Crippen LogP contribution in [0, 0.1) is 22.7 Å². The van der Waals surface area contributed by atoms with Gasteiger partial charge >= 0.3 is 0 Å². The molecular weight excluding hydrogens is 250 g/mol. The fourth-order valence-electron chi connectivity index (χ4n) is 1.76. The van der Waals surface area contributed by atoms with Gasteiger partial charge in [-0.05, 0) is 30.3 Å². The highest BCUT2D eigenvalue weighted by molar-refractivity contribution is 5.48. The van der Waals surface area contributed by atoms with Gasteiger partial charge in [0.25, 0.3) is 0 Å². The lowest BCUT2D eigenvalue weighted by molar-refractivity contribution is 0.364. The van der Waals surface area contributed by atoms with Crippen molar-refractivity contribution in [1.82, 2.24) is 0 Å². The molecule has 0 heterocycles. The van der Waals surface area contributed by atoms with E-state index in [-0.39, 0.29) is 6.61 Å². The molecule has 98 valence electrons. The maximum absolute atomic E-state index is 8.74. The number of benzene rings is 2. The molecular formula is C16H13N3O. The first-order valence-corrected chi connectivity index (χ1v) is 6.15. The van der Waals surface area contributed by atoms with E-state index < -0.39 is 0 Å². The van der Waals surface area contributed by atoms with Crippen LogP contribution in [-0.4, -0.2) is 6.61 Å². The first-order valence-electron chi connectivity index (χ1n) is 6.15. The number of anilines is 1. The van der Waals surface area contributed by atoms with E-state index in [1.165, 1.54) is 0 Å². The summed E-state index contributed by atoms with van der Waals surface area (Å²) in [5.41, 5.74) is 2.54. The summed E-state index contributed by atoms with van der Waals surface area (Å²) in [6.45, 7) is 0.626. The summed E-state index contributed by atoms with van der Waals surface area (Å²) in [5, 5.41) is 20.6. The Labute approximate surface area is 117 Å². The van der Waals surface area contributed by atoms with Gasteiger partial charge in [-0.15, -0.1) is 0 Å². The van der Waals surface area contributed by atoms with Crippen molar-refractivity contribution in [2.45, 2.75) is 6.54 Å². The maximum Gasteiger partial charge on any atom is 0.174 e. The largest absolute Gasteiger partial charge is 0.478 e. The average Bonchev–Trinajstić information content (AvgIpc) is 2.52. The molecule has 0 atom stereocenters. The highest BCUT2D eigenvalue weighted by atomic mass is 16.5. The highest BCUT2D eigenvalue weighted by Crippen LogP contribution is 2.19. The van der Waals surface area contributed by atoms with Crippen LogP contribution in [0.2, 0.25) is 0 Å². The SMILES string of the molecule is N#CCOc1ccccc1CNc1ccc(C#N)cc1. The van der Waals surface area contributed by atoms with Crippen molar-refractivity contribution in [1.29, 1.82) is 10.5 Å². The van der Waals surface area contributed by atoms with Crippen LogP contribution in [-0.2, 0) is 6.54 Å². The summed E-state index contributed by atoms with van der Waals surface area (Å²) in [6, 6.07) is 18.9. The second-order valence-corrected chi connectivity index (χ2v) is 4.10. The van der Waals surface area contributed by atoms with Crippen molar-refractivity contribution >= 4 is 5.69 Å². The summed E-state index contributed by atoms with van der Waals surface area (Å²) < 4.78 is 5.37. The zero-order chi connectivity index (χ0) is 14.2. The van der Waals surface area contributed by atoms with Crippen LogP contribution < -0.4 is 10.1 Å². The van der Waals surface area contributed by atoms with E-state index in [1.807, 2.05) is 42.5 Å². The summed E-state index contributed by atoms with van der Waals surface area (Å²) in [6.07, 6.45) is 0. The van der Waals surface area contributed by atoms with Crippen LogP contribution in [0.25, 0.3) is 0 Å². The zero-order valence-electron chi connectivity index (χ0n) is 10.8. The molecule has 20 heavy (non-hydrogen) atoms. The zero-order valence-corrected chi connectivity index (χ0v) is 10.8. The van der Waals surface area contributed by atoms with E-state index in [0.29, 0.717) is 17.9 Å². The molecule has 0 unspecified atom stereocenters. The van der Waals surface area contributed by atoms with Gasteiger partial charge in [0.05, 0.1) is 11.6 Å². The van der Waals surface area contributed by atoms with Crippen LogP contribution in [0.5, 0.6) is 5.75 Å². The lowest BCUT2D eigenvalue weighted by Gasteiger charge is -2.11. The molecule has 1 N–H and O–H groups in total. The molecule has 0 saturated carbocycles. The molecule has 0 saturated heterocycles. The number of nitriles is 2. The average molecular weight is 263 g/mol. The topological polar surface area (TPSA) is 68.8 Å². The predicted octanol–water partition coefficient (Wildman–Crippen LogP) is 3.07. The van der Waals surface area contributed by atoms with Crippen molar-refractivity contribution < 1.29 is 4.74 Å². The van der Waals surface area contributed by atoms with Gasteiger partial charge in [-0.3, -0.25) is 0 Å². The molecule has 0 radical (unpaired) electrons. The van der Waals surface area contributed by atoms with E-state index in [1.54, 1.807) is 12.1 Å². The Morgan fingerprint density at radius 1 is 1.00 bits per heavy atom. The molecule has 0 bridgehead atoms. The molecule has 2 rings (SSSR count). The number of para-hydroxylation sites is 1. The molecule has 0 fully saturated rings. The van der Waals surface area contributed by atoms with Gasteiger partial charge in [0.15, 0.2) is 6.61 Å². The van der Waals surface area contributed by atoms with Crippen LogP contribution in [0.15, 0.2) is 48.5 Å². The minimum absolute atomic E-state index is 0.0356. The van der Waals surface area contributed by atoms with Gasteiger partial charge in [-0.1, -0.05) is 18.2 Å². The summed E-state index contributed by atoms with van der Waals surface area (Å²) in [7, 11) is 0. The molecule has 0 amide bonds. The predicted molar refractivity (Wildman–Crippen MR) is 76.0 cm³/mol. The van der Waals surface area contributed by atoms with Crippen LogP contribution in [0.3, 0.4) is 0 Å². The van der Waals surface area contributed by atoms with Crippen molar-refractivity contribution in [2.24, 2.45) is 0 Å². The molecule has 0 aromatic heterocycles. The maximum atomic E-state index is 8.74. The molecule has 0 aliphatic heterocycles. The smallest absolute Gasteiger partial charge is 0.174 e. The van der Waals surface area contributed by atoms with Gasteiger partial charge in [0, 0.05) is 17.8 Å². The minimum Gasteiger partial charge on any atom is -0.478 e. The second-order valence-electron chi connectivity index (χ2n) is 4.10. The number of rotatable bonds is 5. The number of nitrogens with zero attached hydrogens (tertiary/aromatic N) is 2. The Hall–Kier alpha value is -2.98. The monoisotopic (exact) mass is 263 g/mol. The number of ether oxygens (including phenoxy) is 1. The fraction of sp³-hybridized carbons (Fsp3) is 0.125. The summed E-state index contributed by atoms with van der Waals surface area (Å²) in [4.78, 5) is 0. The number of hydrogen-bond donors (Lipinski definition) is 1. The summed E-state index contributed by atoms with van der Waals surface area (Å²) in [5.74, 6) is 0.704. The molecule has 2 aromatic rings. The van der Waals surface area contributed by atoms with Crippen molar-refractivity contribution in [3.05, 3.63) is 59.7 Å². The lowest BCUT2D eigenvalue weighted by Crippen LogP contribution is -2.03. The Kier molecular flexibility index (Phi) is 4.59. The second kappa shape index (κ2) is 6.82. The van der Waals surface area contributed by atoms with Crippen LogP contribution in [0.4, 0.5) is 5.69 Å². The van der Waals surface area contributed by atoms with Crippen LogP contribution >= 0.6 is 0 Å². The third kappa shape index (κ3) is 3.51. The molecule has 0 aliphatic carbocycles. The molecule has 0 aliphatic rings. The van der Waals surface area contributed by atoms with Gasteiger partial charge in [-0.25, -0.2) is 0 Å². The normalized spacial score (nSPS) is 9.30. The molecule has 4 heteroatoms. The van der Waals surface area contributed by atoms with Gasteiger partial charge in [-0.2, -0.15) is 10.5 Å². The van der Waals surface area contributed by atoms with E-state index in [0.717, 1.165) is 11.3 Å². The number of hydrogen-bond acceptors (Lipinski definition) is 4. The van der Waals surface area contributed by atoms with Gasteiger partial charge in [0.1, 0.15) is 11.8 Å². The van der Waals surface area contributed by atoms with Gasteiger partial charge < -0.3 is 10.1 Å². The Morgan fingerprint density at radius 3 is 2.45 bits per heavy atom. The van der Waals surface area contributed by atoms with E-state index >= 15 is 0 Å². The van der Waals surface area contributed by atoms with Crippen molar-refractivity contribution in [2.75, 3.05) is 11.9 Å².